The third kappa shape index (κ3) is 9.49. The first-order valence-corrected chi connectivity index (χ1v) is 1.52. The topological polar surface area (TPSA) is 0 Å². The fourth-order valence-electron chi connectivity index (χ4n) is 0. The van der Waals surface area contributed by atoms with Gasteiger partial charge in [0, 0.05) is 0 Å². The third-order valence-corrected chi connectivity index (χ3v) is 0. The normalized spacial score (nSPS) is 1.50. The van der Waals surface area contributed by atoms with E-state index in [4.69, 9.17) is 0 Å². The third-order valence-electron chi connectivity index (χ3n) is 0. The van der Waals surface area contributed by atoms with Gasteiger partial charge in [-0.2, -0.15) is 0 Å². The minimum absolute atomic E-state index is 0. The van der Waals surface area contributed by atoms with E-state index in [1.54, 1.807) is 0 Å². The van der Waals surface area contributed by atoms with Crippen molar-refractivity contribution in [3.8, 4) is 0 Å². The summed E-state index contributed by atoms with van der Waals surface area (Å²) >= 11 is 3.77. The van der Waals surface area contributed by atoms with Crippen LogP contribution in [0.25, 0.3) is 0 Å². The SMILES string of the molecule is [Mn+2].[S-2].[S]=[Cu]. The molecule has 0 aromatic rings. The molecule has 0 spiro atoms. The van der Waals surface area contributed by atoms with Gasteiger partial charge >= 0.3 is 42.0 Å². The molecule has 0 atom stereocenters. The van der Waals surface area contributed by atoms with Crippen LogP contribution in [0.4, 0.5) is 0 Å². The maximum absolute atomic E-state index is 3.77. The minimum atomic E-state index is 0. The van der Waals surface area contributed by atoms with E-state index < -0.39 is 0 Å². The average molecular weight is 183 g/mol. The average Bonchev–Trinajstić information content (AvgIpc) is 1.00. The number of hydrogen-bond acceptors (Lipinski definition) is 1. The van der Waals surface area contributed by atoms with Crippen LogP contribution in [0, 0.1) is 0 Å². The van der Waals surface area contributed by atoms with E-state index in [2.05, 4.69) is 24.9 Å². The van der Waals surface area contributed by atoms with E-state index in [-0.39, 0.29) is 30.6 Å². The first-order valence-electron chi connectivity index (χ1n) is 0.123. The van der Waals surface area contributed by atoms with E-state index in [0.717, 1.165) is 0 Å². The Kier molecular flexibility index (Phi) is 101. The summed E-state index contributed by atoms with van der Waals surface area (Å²) in [5.74, 6) is 0. The first-order chi connectivity index (χ1) is 1.00. The van der Waals surface area contributed by atoms with Crippen molar-refractivity contribution in [2.24, 2.45) is 0 Å². The van der Waals surface area contributed by atoms with Gasteiger partial charge in [0.05, 0.1) is 0 Å². The quantitative estimate of drug-likeness (QED) is 0.496. The van der Waals surface area contributed by atoms with E-state index in [0.29, 0.717) is 0 Å². The molecule has 0 nitrogen and oxygen atoms in total. The fourth-order valence-corrected chi connectivity index (χ4v) is 0. The molecule has 0 saturated heterocycles. The van der Waals surface area contributed by atoms with E-state index in [1.165, 1.54) is 0 Å². The molecule has 4 heavy (non-hydrogen) atoms. The summed E-state index contributed by atoms with van der Waals surface area (Å²) in [6.45, 7) is 0. The Labute approximate surface area is 55.3 Å². The molecule has 0 aliphatic carbocycles. The molecule has 0 unspecified atom stereocenters. The predicted molar refractivity (Wildman–Crippen MR) is 15.0 cm³/mol. The van der Waals surface area contributed by atoms with Crippen molar-refractivity contribution in [1.82, 2.24) is 0 Å². The van der Waals surface area contributed by atoms with Crippen LogP contribution in [0.15, 0.2) is 0 Å². The molecule has 4 heteroatoms. The van der Waals surface area contributed by atoms with Gasteiger partial charge < -0.3 is 13.5 Å². The molecule has 0 amide bonds. The van der Waals surface area contributed by atoms with E-state index in [9.17, 15) is 0 Å². The van der Waals surface area contributed by atoms with Crippen LogP contribution in [0.3, 0.4) is 0 Å². The Morgan fingerprint density at radius 2 is 1.25 bits per heavy atom. The van der Waals surface area contributed by atoms with Crippen LogP contribution in [-0.4, -0.2) is 0 Å². The van der Waals surface area contributed by atoms with Gasteiger partial charge in [0.1, 0.15) is 0 Å². The van der Waals surface area contributed by atoms with Crippen LogP contribution in [0.5, 0.6) is 0 Å². The molecule has 0 rings (SSSR count). The van der Waals surface area contributed by atoms with Crippen LogP contribution in [0.1, 0.15) is 0 Å². The second kappa shape index (κ2) is 23.2. The summed E-state index contributed by atoms with van der Waals surface area (Å²) < 4.78 is 0. The van der Waals surface area contributed by atoms with Crippen LogP contribution < -0.4 is 0 Å². The number of hydrogen-bond donors (Lipinski definition) is 0. The monoisotopic (exact) mass is 182 g/mol. The van der Waals surface area contributed by atoms with Gasteiger partial charge in [-0.25, -0.2) is 0 Å². The molecule has 30 valence electrons. The Bertz CT molecular complexity index is 6.00. The summed E-state index contributed by atoms with van der Waals surface area (Å²) in [6, 6.07) is 0. The Morgan fingerprint density at radius 1 is 1.25 bits per heavy atom. The van der Waals surface area contributed by atoms with E-state index >= 15 is 0 Å². The maximum atomic E-state index is 3.77. The summed E-state index contributed by atoms with van der Waals surface area (Å²) in [7, 11) is 3.65. The van der Waals surface area contributed by atoms with Crippen molar-refractivity contribution in [2.45, 2.75) is 0 Å². The van der Waals surface area contributed by atoms with Crippen LogP contribution in [0.2, 0.25) is 0 Å². The molecule has 0 saturated carbocycles. The van der Waals surface area contributed by atoms with E-state index in [1.807, 2.05) is 0 Å². The number of rotatable bonds is 0. The molecular formula is CuMnS2. The van der Waals surface area contributed by atoms with Gasteiger partial charge in [-0.05, 0) is 0 Å². The second-order valence-corrected chi connectivity index (χ2v) is 0. The van der Waals surface area contributed by atoms with Gasteiger partial charge in [0.15, 0.2) is 0 Å². The van der Waals surface area contributed by atoms with Gasteiger partial charge in [-0.1, -0.05) is 0 Å². The second-order valence-electron chi connectivity index (χ2n) is 0. The standard InChI is InChI=1S/Cu.Mn.2S/q;+2;;-2. The molecule has 0 N–H and O–H groups in total. The Balaban J connectivity index is -0.00000000500. The van der Waals surface area contributed by atoms with Gasteiger partial charge in [0.25, 0.3) is 0 Å². The van der Waals surface area contributed by atoms with Crippen molar-refractivity contribution in [2.75, 3.05) is 0 Å². The molecule has 0 bridgehead atoms. The summed E-state index contributed by atoms with van der Waals surface area (Å²) in [4.78, 5) is 0. The zero-order chi connectivity index (χ0) is 2.00. The molecule has 0 aliphatic rings. The van der Waals surface area contributed by atoms with Crippen molar-refractivity contribution in [3.05, 3.63) is 0 Å². The molecule has 0 aromatic heterocycles. The molecule has 0 aliphatic heterocycles. The summed E-state index contributed by atoms with van der Waals surface area (Å²) in [5.41, 5.74) is 0. The zero-order valence-electron chi connectivity index (χ0n) is 1.50. The van der Waals surface area contributed by atoms with Crippen molar-refractivity contribution in [1.29, 1.82) is 0 Å². The first kappa shape index (κ1) is 17.5. The summed E-state index contributed by atoms with van der Waals surface area (Å²) in [6.07, 6.45) is 0. The zero-order valence-corrected chi connectivity index (χ0v) is 5.25. The van der Waals surface area contributed by atoms with Gasteiger partial charge in [0.2, 0.25) is 0 Å². The fraction of sp³-hybridized carbons (Fsp3) is 0. The van der Waals surface area contributed by atoms with Gasteiger partial charge in [-0.15, -0.1) is 0 Å². The molecular weight excluding hydrogens is 183 g/mol. The van der Waals surface area contributed by atoms with Crippen molar-refractivity contribution >= 4 is 24.0 Å². The summed E-state index contributed by atoms with van der Waals surface area (Å²) in [5, 5.41) is 0. The van der Waals surface area contributed by atoms with Crippen molar-refractivity contribution in [3.63, 3.8) is 0 Å². The molecule has 0 fully saturated rings. The van der Waals surface area contributed by atoms with Gasteiger partial charge in [-0.3, -0.25) is 0 Å². The molecule has 0 aromatic carbocycles. The van der Waals surface area contributed by atoms with Crippen LogP contribution >= 0.6 is 10.6 Å². The predicted octanol–water partition coefficient (Wildman–Crippen LogP) is 0.641. The molecule has 0 heterocycles. The Morgan fingerprint density at radius 3 is 1.25 bits per heavy atom. The Hall–Kier alpha value is 1.61. The molecule has 1 radical (unpaired) electrons. The van der Waals surface area contributed by atoms with Crippen molar-refractivity contribution < 1.29 is 31.5 Å². The van der Waals surface area contributed by atoms with Crippen LogP contribution in [-0.2, 0) is 44.9 Å².